The minimum Gasteiger partial charge on any atom is -0.895 e. The minimum atomic E-state index is -2.46. The molecule has 0 aliphatic rings. The molecule has 0 rings (SSSR count). The number of aliphatic hydroxyl groups is 10. The molecular weight excluding hydrogens is 368 g/mol. The van der Waals surface area contributed by atoms with Gasteiger partial charge >= 0.3 is 5.97 Å². The summed E-state index contributed by atoms with van der Waals surface area (Å²) in [7, 11) is 0. The van der Waals surface area contributed by atoms with Gasteiger partial charge in [-0.2, -0.15) is 0 Å². The molecule has 0 heterocycles. The van der Waals surface area contributed by atoms with Crippen LogP contribution in [0.15, 0.2) is 11.5 Å². The van der Waals surface area contributed by atoms with E-state index in [1.165, 1.54) is 0 Å². The van der Waals surface area contributed by atoms with Gasteiger partial charge in [-0.05, 0) is 12.0 Å². The van der Waals surface area contributed by atoms with E-state index >= 15 is 0 Å². The van der Waals surface area contributed by atoms with Crippen LogP contribution >= 0.6 is 0 Å². The monoisotopic (exact) mass is 387 g/mol. The maximum Gasteiger partial charge on any atom is 0.312 e. The quantitative estimate of drug-likeness (QED) is 0.0685. The standard InChI is InChI=1S/C12H20O14/c13-1-3(15)5(17)7(19)9(21)11(23)25-26-12(24)10(22)8(20)6(18)4(16)2-14/h3-5,7,9,13-23H,1-2H2/q-2/p-1. The Labute approximate surface area is 145 Å². The normalized spacial score (nSPS) is 18.5. The Balaban J connectivity index is 4.75. The lowest BCUT2D eigenvalue weighted by atomic mass is 10.0. The van der Waals surface area contributed by atoms with Crippen molar-refractivity contribution in [1.29, 1.82) is 0 Å². The van der Waals surface area contributed by atoms with Crippen LogP contribution in [0.1, 0.15) is 0 Å². The van der Waals surface area contributed by atoms with Crippen molar-refractivity contribution >= 4 is 5.97 Å². The molecule has 26 heavy (non-hydrogen) atoms. The second kappa shape index (κ2) is 11.1. The van der Waals surface area contributed by atoms with Crippen molar-refractivity contribution in [2.75, 3.05) is 13.2 Å². The molecule has 0 spiro atoms. The predicted octanol–water partition coefficient (Wildman–Crippen LogP) is -5.85. The molecule has 0 aromatic heterocycles. The van der Waals surface area contributed by atoms with Crippen LogP contribution in [0.3, 0.4) is 0 Å². The molecular formula is C12H19O14-3. The van der Waals surface area contributed by atoms with Gasteiger partial charge in [-0.3, -0.25) is 4.79 Å². The zero-order valence-electron chi connectivity index (χ0n) is 12.9. The second-order valence-corrected chi connectivity index (χ2v) is 4.73. The number of hydrogen-bond acceptors (Lipinski definition) is 14. The topological polar surface area (TPSA) is 261 Å². The molecule has 0 aromatic carbocycles. The predicted molar refractivity (Wildman–Crippen MR) is 71.4 cm³/mol. The van der Waals surface area contributed by atoms with E-state index in [-0.39, 0.29) is 0 Å². The lowest BCUT2D eigenvalue weighted by Gasteiger charge is -2.36. The summed E-state index contributed by atoms with van der Waals surface area (Å²) in [5.41, 5.74) is 0. The summed E-state index contributed by atoms with van der Waals surface area (Å²) in [5.74, 6) is -5.37. The maximum atomic E-state index is 11.3. The number of carbonyl (C=O) groups excluding carboxylic acids is 1. The molecule has 0 aromatic rings. The molecule has 0 saturated carbocycles. The van der Waals surface area contributed by atoms with Crippen LogP contribution in [0.2, 0.25) is 0 Å². The van der Waals surface area contributed by atoms with Crippen LogP contribution < -0.4 is 5.11 Å². The summed E-state index contributed by atoms with van der Waals surface area (Å²) in [5, 5.41) is 102. The van der Waals surface area contributed by atoms with E-state index in [2.05, 4.69) is 9.78 Å². The van der Waals surface area contributed by atoms with Crippen molar-refractivity contribution in [3.05, 3.63) is 23.9 Å². The Morgan fingerprint density at radius 1 is 1.00 bits per heavy atom. The third kappa shape index (κ3) is 6.54. The van der Waals surface area contributed by atoms with Crippen molar-refractivity contribution in [2.45, 2.75) is 30.5 Å². The van der Waals surface area contributed by atoms with E-state index in [4.69, 9.17) is 25.5 Å². The van der Waals surface area contributed by atoms with Gasteiger partial charge in [0.2, 0.25) is 0 Å². The zero-order valence-corrected chi connectivity index (χ0v) is 12.9. The van der Waals surface area contributed by atoms with Crippen LogP contribution in [0, 0.1) is 12.4 Å². The van der Waals surface area contributed by atoms with Gasteiger partial charge in [0.15, 0.2) is 0 Å². The zero-order chi connectivity index (χ0) is 20.6. The molecule has 0 aliphatic heterocycles. The van der Waals surface area contributed by atoms with E-state index in [1.54, 1.807) is 0 Å². The molecule has 14 nitrogen and oxygen atoms in total. The van der Waals surface area contributed by atoms with Crippen molar-refractivity contribution < 1.29 is 70.7 Å². The second-order valence-electron chi connectivity index (χ2n) is 4.73. The molecule has 5 unspecified atom stereocenters. The number of hydrogen-bond donors (Lipinski definition) is 10. The fraction of sp³-hybridized carbons (Fsp3) is 0.583. The third-order valence-corrected chi connectivity index (χ3v) is 2.84. The Hall–Kier alpha value is -1.72. The highest BCUT2D eigenvalue weighted by Gasteiger charge is 2.29. The molecule has 0 fully saturated rings. The highest BCUT2D eigenvalue weighted by Crippen LogP contribution is 2.17. The SMILES string of the molecule is O=C(OO[C-](O)C(O)C(O)C(O)C(O)CO)[C-](O)C([O-])=C(O)C(O)CO. The molecule has 5 atom stereocenters. The van der Waals surface area contributed by atoms with Crippen molar-refractivity contribution in [2.24, 2.45) is 0 Å². The first-order valence-corrected chi connectivity index (χ1v) is 6.72. The molecule has 0 saturated heterocycles. The van der Waals surface area contributed by atoms with Crippen molar-refractivity contribution in [1.82, 2.24) is 0 Å². The maximum absolute atomic E-state index is 11.3. The molecule has 0 amide bonds. The summed E-state index contributed by atoms with van der Waals surface area (Å²) in [6.45, 7) is -2.12. The van der Waals surface area contributed by atoms with Gasteiger partial charge in [-0.1, -0.05) is 0 Å². The summed E-state index contributed by atoms with van der Waals surface area (Å²) < 4.78 is 0. The molecule has 0 radical (unpaired) electrons. The fourth-order valence-corrected chi connectivity index (χ4v) is 1.29. The van der Waals surface area contributed by atoms with Gasteiger partial charge in [0.25, 0.3) is 0 Å². The largest absolute Gasteiger partial charge is 0.895 e. The van der Waals surface area contributed by atoms with Crippen LogP contribution in [-0.4, -0.2) is 101 Å². The number of rotatable bonds is 11. The minimum absolute atomic E-state index is 1.01. The van der Waals surface area contributed by atoms with Gasteiger partial charge in [0.05, 0.1) is 25.4 Å². The van der Waals surface area contributed by atoms with E-state index in [1.807, 2.05) is 0 Å². The van der Waals surface area contributed by atoms with E-state index in [0.717, 1.165) is 0 Å². The van der Waals surface area contributed by atoms with Gasteiger partial charge in [0, 0.05) is 12.2 Å². The molecule has 154 valence electrons. The average Bonchev–Trinajstić information content (AvgIpc) is 2.66. The molecule has 14 heteroatoms. The summed E-state index contributed by atoms with van der Waals surface area (Å²) in [6.07, 6.45) is -14.4. The van der Waals surface area contributed by atoms with Crippen LogP contribution in [-0.2, 0) is 14.6 Å². The Kier molecular flexibility index (Phi) is 10.4. The van der Waals surface area contributed by atoms with Crippen LogP contribution in [0.25, 0.3) is 0 Å². The van der Waals surface area contributed by atoms with E-state index in [0.29, 0.717) is 0 Å². The summed E-state index contributed by atoms with van der Waals surface area (Å²) in [6, 6.07) is 0. The fourth-order valence-electron chi connectivity index (χ4n) is 1.29. The van der Waals surface area contributed by atoms with Crippen molar-refractivity contribution in [3.63, 3.8) is 0 Å². The highest BCUT2D eigenvalue weighted by atomic mass is 17.2. The van der Waals surface area contributed by atoms with Crippen LogP contribution in [0.4, 0.5) is 0 Å². The Morgan fingerprint density at radius 3 is 2.00 bits per heavy atom. The Bertz CT molecular complexity index is 467. The van der Waals surface area contributed by atoms with Gasteiger partial charge in [-0.25, -0.2) is 5.76 Å². The molecule has 0 aliphatic carbocycles. The van der Waals surface area contributed by atoms with E-state index in [9.17, 15) is 35.4 Å². The smallest absolute Gasteiger partial charge is 0.312 e. The first kappa shape index (κ1) is 24.3. The molecule has 0 bridgehead atoms. The van der Waals surface area contributed by atoms with Gasteiger partial charge < -0.3 is 65.9 Å². The lowest BCUT2D eigenvalue weighted by Crippen LogP contribution is -2.48. The summed E-state index contributed by atoms with van der Waals surface area (Å²) in [4.78, 5) is 18.8. The van der Waals surface area contributed by atoms with Crippen molar-refractivity contribution in [3.8, 4) is 0 Å². The number of aliphatic hydroxyl groups excluding tert-OH is 10. The van der Waals surface area contributed by atoms with Gasteiger partial charge in [-0.15, -0.1) is 0 Å². The van der Waals surface area contributed by atoms with Gasteiger partial charge in [0.1, 0.15) is 12.2 Å². The first-order chi connectivity index (χ1) is 12.0. The summed E-state index contributed by atoms with van der Waals surface area (Å²) >= 11 is 0. The highest BCUT2D eigenvalue weighted by molar-refractivity contribution is 5.85. The third-order valence-electron chi connectivity index (χ3n) is 2.84. The van der Waals surface area contributed by atoms with E-state index < -0.39 is 73.6 Å². The first-order valence-electron chi connectivity index (χ1n) is 6.72. The average molecular weight is 387 g/mol. The number of carbonyl (C=O) groups is 1. The Morgan fingerprint density at radius 2 is 1.54 bits per heavy atom. The lowest BCUT2D eigenvalue weighted by molar-refractivity contribution is -0.331. The van der Waals surface area contributed by atoms with Crippen LogP contribution in [0.5, 0.6) is 0 Å². The molecule has 10 N–H and O–H groups in total.